The number of hydrogen-bond acceptors (Lipinski definition) is 12. The summed E-state index contributed by atoms with van der Waals surface area (Å²) in [6.45, 7) is 6.01. The van der Waals surface area contributed by atoms with Gasteiger partial charge in [0.2, 0.25) is 5.75 Å². The highest BCUT2D eigenvalue weighted by Crippen LogP contribution is 2.57. The number of carbonyl (C=O) groups is 3. The van der Waals surface area contributed by atoms with Crippen molar-refractivity contribution in [3.05, 3.63) is 208 Å². The quantitative estimate of drug-likeness (QED) is 0.0672. The molecule has 2 aliphatic heterocycles. The number of dihydropyridines is 1. The van der Waals surface area contributed by atoms with Crippen LogP contribution in [0.3, 0.4) is 0 Å². The Labute approximate surface area is 508 Å². The van der Waals surface area contributed by atoms with Crippen molar-refractivity contribution in [3.8, 4) is 34.5 Å². The van der Waals surface area contributed by atoms with Crippen molar-refractivity contribution in [1.29, 1.82) is 0 Å². The monoisotopic (exact) mass is 1170 g/mol. The highest BCUT2D eigenvalue weighted by molar-refractivity contribution is 6.00. The molecule has 6 atom stereocenters. The first-order chi connectivity index (χ1) is 42.1. The van der Waals surface area contributed by atoms with Crippen LogP contribution in [0.1, 0.15) is 141 Å². The van der Waals surface area contributed by atoms with Crippen LogP contribution in [0.2, 0.25) is 0 Å². The average Bonchev–Trinajstić information content (AvgIpc) is 1.62. The maximum absolute atomic E-state index is 15.5. The molecule has 0 radical (unpaired) electrons. The first kappa shape index (κ1) is 58.6. The van der Waals surface area contributed by atoms with Gasteiger partial charge < -0.3 is 54.4 Å². The molecule has 87 heavy (non-hydrogen) atoms. The highest BCUT2D eigenvalue weighted by Gasteiger charge is 2.47. The summed E-state index contributed by atoms with van der Waals surface area (Å²) >= 11 is 0. The number of aromatic hydroxyl groups is 3. The van der Waals surface area contributed by atoms with Gasteiger partial charge in [0.05, 0.1) is 24.9 Å². The number of methoxy groups -OCH3 is 1. The Morgan fingerprint density at radius 3 is 2.40 bits per heavy atom. The van der Waals surface area contributed by atoms with Crippen LogP contribution in [0.25, 0.3) is 10.8 Å². The second-order valence-corrected chi connectivity index (χ2v) is 25.0. The van der Waals surface area contributed by atoms with Gasteiger partial charge in [-0.25, -0.2) is 0 Å². The Bertz CT molecular complexity index is 3880. The Hall–Kier alpha value is -8.75. The van der Waals surface area contributed by atoms with Crippen LogP contribution in [-0.4, -0.2) is 73.8 Å². The average molecular weight is 1170 g/mol. The molecule has 12 rings (SSSR count). The van der Waals surface area contributed by atoms with Crippen LogP contribution in [0.15, 0.2) is 164 Å². The lowest BCUT2D eigenvalue weighted by molar-refractivity contribution is -0.148. The second kappa shape index (κ2) is 24.6. The molecule has 14 heteroatoms. The first-order valence-corrected chi connectivity index (χ1v) is 30.8. The van der Waals surface area contributed by atoms with E-state index in [1.54, 1.807) is 31.2 Å². The molecule has 4 heterocycles. The van der Waals surface area contributed by atoms with Crippen molar-refractivity contribution >= 4 is 34.0 Å². The van der Waals surface area contributed by atoms with E-state index in [1.807, 2.05) is 54.6 Å². The smallest absolute Gasteiger partial charge is 0.302 e. The number of carbonyl (C=O) groups excluding carboxylic acids is 3. The van der Waals surface area contributed by atoms with E-state index in [4.69, 9.17) is 14.2 Å². The molecular weight excluding hydrogens is 1090 g/mol. The van der Waals surface area contributed by atoms with Crippen molar-refractivity contribution in [3.63, 3.8) is 0 Å². The number of benzene rings is 5. The lowest BCUT2D eigenvalue weighted by Crippen LogP contribution is -2.36. The van der Waals surface area contributed by atoms with Crippen LogP contribution in [-0.2, 0) is 44.8 Å². The number of hydrogen-bond donors (Lipinski definition) is 6. The number of phenols is 3. The van der Waals surface area contributed by atoms with E-state index in [0.717, 1.165) is 92.6 Å². The zero-order valence-electron chi connectivity index (χ0n) is 50.1. The summed E-state index contributed by atoms with van der Waals surface area (Å²) in [4.78, 5) is 47.5. The number of aliphatic hydroxyl groups excluding tert-OH is 1. The summed E-state index contributed by atoms with van der Waals surface area (Å²) in [6, 6.07) is 29.1. The molecule has 6 unspecified atom stereocenters. The summed E-state index contributed by atoms with van der Waals surface area (Å²) in [7, 11) is 1.50. The molecule has 3 aliphatic carbocycles. The van der Waals surface area contributed by atoms with Gasteiger partial charge in [-0.15, -0.1) is 0 Å². The van der Waals surface area contributed by atoms with E-state index in [1.165, 1.54) is 20.1 Å². The van der Waals surface area contributed by atoms with Gasteiger partial charge in [0.1, 0.15) is 40.7 Å². The van der Waals surface area contributed by atoms with Crippen LogP contribution < -0.4 is 19.7 Å². The lowest BCUT2D eigenvalue weighted by Gasteiger charge is -2.40. The molecule has 2 aromatic heterocycles. The lowest BCUT2D eigenvalue weighted by atomic mass is 9.66. The van der Waals surface area contributed by atoms with Crippen LogP contribution in [0.5, 0.6) is 34.5 Å². The van der Waals surface area contributed by atoms with E-state index in [-0.39, 0.29) is 77.2 Å². The Morgan fingerprint density at radius 2 is 1.63 bits per heavy atom. The van der Waals surface area contributed by atoms with E-state index < -0.39 is 35.0 Å². The van der Waals surface area contributed by atoms with Gasteiger partial charge in [0, 0.05) is 91.7 Å². The summed E-state index contributed by atoms with van der Waals surface area (Å²) in [6.07, 6.45) is 24.7. The van der Waals surface area contributed by atoms with E-state index >= 15 is 4.79 Å². The maximum atomic E-state index is 15.5. The standard InChI is InChI=1S/C73H78N4O10/c1-45-13-8-9-23-72(45)26-20-58(86-47(3)79)37-57(82)39-64(52-34-66(83)70(67(35-52)85-4)87-59-31-49(30-56(81)38-59)29-48-14-6-5-7-15-48)77-44-62-63(19-18-60-69(62)65(77)41-73(71(60)84)24-10-11-25-73)76(28-22-46(2)78)68-36-51(21-27-75-68)61(50-16-12-17-55(80)32-50)33-53-42-74-43-54(53)40-72/h5-9,12-19,21,23,30-32,34-36,38,42-45,58,61,64,71,74-75,80-81,83-84H,10-11,20,22,24-29,33,37,39-41H2,1-4H3. The van der Waals surface area contributed by atoms with Gasteiger partial charge in [-0.2, -0.15) is 0 Å². The molecular formula is C73H78N4O10. The normalized spacial score (nSPS) is 22.7. The predicted molar refractivity (Wildman–Crippen MR) is 336 cm³/mol. The number of nitrogens with zero attached hydrogens (tertiary/aromatic N) is 2. The molecule has 7 aromatic rings. The number of H-pyrrole nitrogens is 1. The molecule has 450 valence electrons. The number of ether oxygens (including phenoxy) is 3. The zero-order valence-corrected chi connectivity index (χ0v) is 50.1. The number of aromatic amines is 1. The van der Waals surface area contributed by atoms with Crippen molar-refractivity contribution in [2.75, 3.05) is 25.1 Å². The number of ketones is 2. The number of rotatable bonds is 11. The van der Waals surface area contributed by atoms with Gasteiger partial charge in [-0.1, -0.05) is 98.7 Å². The number of aromatic nitrogens is 2. The Morgan fingerprint density at radius 1 is 0.816 bits per heavy atom. The van der Waals surface area contributed by atoms with E-state index in [2.05, 4.69) is 93.9 Å². The molecule has 6 N–H and O–H groups in total. The van der Waals surface area contributed by atoms with Crippen LogP contribution >= 0.6 is 0 Å². The SMILES string of the molecule is COc1cc(C2CC(=O)CC(OC(C)=O)CCC3(C=CC=CC3C)Cc3c[nH]cc3CC(c3cccc(O)c3)C3=CCNC(=C3)N(CCC(C)=O)c3ccc4c5c(n2cc35)CC2(CCCC2)C4O)cc(O)c1Oc1cc(O)cc(Cc2ccccc2)c1. The molecule has 4 bridgehead atoms. The summed E-state index contributed by atoms with van der Waals surface area (Å²) in [5, 5.41) is 52.5. The first-order valence-electron chi connectivity index (χ1n) is 30.8. The number of phenolic OH excluding ortho intramolecular Hbond substituents is 3. The second-order valence-electron chi connectivity index (χ2n) is 25.0. The third-order valence-electron chi connectivity index (χ3n) is 19.3. The van der Waals surface area contributed by atoms with Crippen molar-refractivity contribution in [2.24, 2.45) is 16.7 Å². The molecule has 0 amide bonds. The molecule has 14 nitrogen and oxygen atoms in total. The predicted octanol–water partition coefficient (Wildman–Crippen LogP) is 13.8. The third-order valence-corrected chi connectivity index (χ3v) is 19.3. The fourth-order valence-corrected chi connectivity index (χ4v) is 14.8. The molecule has 2 spiro atoms. The van der Waals surface area contributed by atoms with Gasteiger partial charge in [-0.05, 0) is 163 Å². The van der Waals surface area contributed by atoms with Crippen molar-refractivity contribution in [1.82, 2.24) is 14.9 Å². The van der Waals surface area contributed by atoms with Gasteiger partial charge in [0.25, 0.3) is 0 Å². The van der Waals surface area contributed by atoms with E-state index in [9.17, 15) is 30.0 Å². The van der Waals surface area contributed by atoms with Gasteiger partial charge in [0.15, 0.2) is 11.5 Å². The molecule has 5 aromatic carbocycles. The number of nitrogens with one attached hydrogen (secondary N) is 2. The minimum Gasteiger partial charge on any atom is -0.508 e. The van der Waals surface area contributed by atoms with Gasteiger partial charge in [-0.3, -0.25) is 14.4 Å². The highest BCUT2D eigenvalue weighted by atomic mass is 16.5. The zero-order chi connectivity index (χ0) is 60.6. The topological polar surface area (TPSA) is 196 Å². The minimum atomic E-state index is -0.784. The molecule has 1 fully saturated rings. The summed E-state index contributed by atoms with van der Waals surface area (Å²) in [5.41, 5.74) is 8.27. The largest absolute Gasteiger partial charge is 0.508 e. The Kier molecular flexibility index (Phi) is 16.5. The van der Waals surface area contributed by atoms with Crippen molar-refractivity contribution in [2.45, 2.75) is 128 Å². The minimum absolute atomic E-state index is 0.00762. The number of Topliss-reactive ketones (excluding diaryl/α,β-unsaturated/α-hetero) is 2. The number of allylic oxidation sites excluding steroid dienone is 6. The van der Waals surface area contributed by atoms with Gasteiger partial charge >= 0.3 is 5.97 Å². The van der Waals surface area contributed by atoms with E-state index in [0.29, 0.717) is 57.2 Å². The fraction of sp³-hybridized carbons (Fsp3) is 0.356. The Balaban J connectivity index is 1.05. The third kappa shape index (κ3) is 12.1. The number of anilines is 1. The summed E-state index contributed by atoms with van der Waals surface area (Å²) in [5.74, 6) is 0.447. The van der Waals surface area contributed by atoms with Crippen molar-refractivity contribution < 1.29 is 49.0 Å². The summed E-state index contributed by atoms with van der Waals surface area (Å²) < 4.78 is 20.9. The number of esters is 1. The fourth-order valence-electron chi connectivity index (χ4n) is 14.8. The van der Waals surface area contributed by atoms with Crippen LogP contribution in [0.4, 0.5) is 5.69 Å². The molecule has 0 saturated heterocycles. The molecule has 5 aliphatic rings. The number of aliphatic hydroxyl groups is 1. The number of fused-ring (bicyclic) bond motifs is 4. The maximum Gasteiger partial charge on any atom is 0.302 e. The van der Waals surface area contributed by atoms with Crippen LogP contribution in [0, 0.1) is 16.7 Å². The molecule has 1 saturated carbocycles.